The van der Waals surface area contributed by atoms with Crippen LogP contribution in [0.15, 0.2) is 30.3 Å². The average molecular weight is 353 g/mol. The van der Waals surface area contributed by atoms with Gasteiger partial charge in [0.15, 0.2) is 5.78 Å². The number of amides is 1. The van der Waals surface area contributed by atoms with Gasteiger partial charge in [0, 0.05) is 23.6 Å². The summed E-state index contributed by atoms with van der Waals surface area (Å²) in [6.07, 6.45) is 0.566. The number of nitro benzene ring substituents is 1. The molecule has 1 N–H and O–H groups in total. The van der Waals surface area contributed by atoms with E-state index in [0.717, 1.165) is 10.9 Å². The topological polar surface area (TPSA) is 89.3 Å². The van der Waals surface area contributed by atoms with Crippen LogP contribution in [0.4, 0.5) is 5.69 Å². The number of benzene rings is 1. The van der Waals surface area contributed by atoms with Gasteiger partial charge in [-0.25, -0.2) is 0 Å². The van der Waals surface area contributed by atoms with Crippen LogP contribution in [0.5, 0.6) is 0 Å². The zero-order valence-corrected chi connectivity index (χ0v) is 13.7. The number of carbonyl (C=O) groups excluding carboxylic acids is 2. The Balaban J connectivity index is 1.98. The van der Waals surface area contributed by atoms with Crippen LogP contribution in [0.25, 0.3) is 0 Å². The minimum absolute atomic E-state index is 0.00802. The number of nitrogens with zero attached hydrogens (tertiary/aromatic N) is 1. The van der Waals surface area contributed by atoms with Crippen molar-refractivity contribution in [3.05, 3.63) is 60.8 Å². The highest BCUT2D eigenvalue weighted by Crippen LogP contribution is 2.22. The van der Waals surface area contributed by atoms with Gasteiger partial charge in [-0.3, -0.25) is 19.7 Å². The fourth-order valence-corrected chi connectivity index (χ4v) is 3.00. The highest BCUT2D eigenvalue weighted by atomic mass is 35.5. The molecule has 0 aliphatic heterocycles. The lowest BCUT2D eigenvalue weighted by atomic mass is 10.2. The normalized spacial score (nSPS) is 10.3. The Morgan fingerprint density at radius 3 is 2.65 bits per heavy atom. The van der Waals surface area contributed by atoms with E-state index in [1.807, 2.05) is 6.07 Å². The first-order valence-corrected chi connectivity index (χ1v) is 7.89. The molecule has 0 atom stereocenters. The number of hydrogen-bond donors (Lipinski definition) is 1. The molecule has 0 unspecified atom stereocenters. The lowest BCUT2D eigenvalue weighted by Crippen LogP contribution is -2.25. The molecule has 120 valence electrons. The SMILES string of the molecule is CC(=O)c1ccc(CCNC(=O)c2cc([N+](=O)[O-])ccc2Cl)s1. The van der Waals surface area contributed by atoms with Crippen LogP contribution in [0, 0.1) is 10.1 Å². The van der Waals surface area contributed by atoms with Gasteiger partial charge in [-0.1, -0.05) is 11.6 Å². The van der Waals surface area contributed by atoms with E-state index < -0.39 is 10.8 Å². The molecule has 6 nitrogen and oxygen atoms in total. The highest BCUT2D eigenvalue weighted by Gasteiger charge is 2.15. The summed E-state index contributed by atoms with van der Waals surface area (Å²) >= 11 is 7.29. The number of non-ortho nitro benzene ring substituents is 1. The maximum atomic E-state index is 12.1. The maximum Gasteiger partial charge on any atom is 0.270 e. The lowest BCUT2D eigenvalue weighted by Gasteiger charge is -2.06. The largest absolute Gasteiger partial charge is 0.352 e. The van der Waals surface area contributed by atoms with Gasteiger partial charge in [0.2, 0.25) is 0 Å². The number of nitrogens with one attached hydrogen (secondary N) is 1. The van der Waals surface area contributed by atoms with Crippen LogP contribution in [-0.2, 0) is 6.42 Å². The summed E-state index contributed by atoms with van der Waals surface area (Å²) in [6.45, 7) is 1.84. The van der Waals surface area contributed by atoms with Crippen molar-refractivity contribution in [1.29, 1.82) is 0 Å². The molecule has 8 heteroatoms. The van der Waals surface area contributed by atoms with E-state index in [2.05, 4.69) is 5.32 Å². The molecule has 1 amide bonds. The summed E-state index contributed by atoms with van der Waals surface area (Å²) in [5.41, 5.74) is -0.125. The molecule has 0 saturated heterocycles. The third-order valence-electron chi connectivity index (χ3n) is 3.07. The summed E-state index contributed by atoms with van der Waals surface area (Å²) in [5, 5.41) is 13.6. The molecule has 0 bridgehead atoms. The number of thiophene rings is 1. The Morgan fingerprint density at radius 1 is 1.30 bits per heavy atom. The first-order valence-electron chi connectivity index (χ1n) is 6.70. The van der Waals surface area contributed by atoms with Crippen LogP contribution in [0.2, 0.25) is 5.02 Å². The third-order valence-corrected chi connectivity index (χ3v) is 4.65. The molecular formula is C15H13ClN2O4S. The van der Waals surface area contributed by atoms with Crippen LogP contribution in [-0.4, -0.2) is 23.2 Å². The Bertz CT molecular complexity index is 773. The van der Waals surface area contributed by atoms with E-state index in [9.17, 15) is 19.7 Å². The average Bonchev–Trinajstić information content (AvgIpc) is 2.96. The van der Waals surface area contributed by atoms with E-state index >= 15 is 0 Å². The number of ketones is 1. The van der Waals surface area contributed by atoms with E-state index in [1.54, 1.807) is 6.07 Å². The molecule has 2 aromatic rings. The zero-order chi connectivity index (χ0) is 17.0. The minimum atomic E-state index is -0.581. The Kier molecular flexibility index (Phi) is 5.46. The van der Waals surface area contributed by atoms with E-state index in [1.165, 1.54) is 30.4 Å². The predicted octanol–water partition coefficient (Wildman–Crippen LogP) is 3.48. The number of halogens is 1. The quantitative estimate of drug-likeness (QED) is 0.489. The summed E-state index contributed by atoms with van der Waals surface area (Å²) in [6, 6.07) is 7.31. The minimum Gasteiger partial charge on any atom is -0.352 e. The number of nitro groups is 1. The van der Waals surface area contributed by atoms with Crippen LogP contribution < -0.4 is 5.32 Å². The van der Waals surface area contributed by atoms with Crippen molar-refractivity contribution >= 4 is 40.3 Å². The van der Waals surface area contributed by atoms with Crippen LogP contribution >= 0.6 is 22.9 Å². The van der Waals surface area contributed by atoms with E-state index in [-0.39, 0.29) is 22.1 Å². The molecule has 1 heterocycles. The second kappa shape index (κ2) is 7.34. The number of hydrogen-bond acceptors (Lipinski definition) is 5. The van der Waals surface area contributed by atoms with Crippen molar-refractivity contribution in [2.24, 2.45) is 0 Å². The second-order valence-electron chi connectivity index (χ2n) is 4.75. The first-order chi connectivity index (χ1) is 10.9. The van der Waals surface area contributed by atoms with Crippen molar-refractivity contribution in [1.82, 2.24) is 5.32 Å². The second-order valence-corrected chi connectivity index (χ2v) is 6.32. The van der Waals surface area contributed by atoms with Gasteiger partial charge < -0.3 is 5.32 Å². The number of carbonyl (C=O) groups is 2. The fraction of sp³-hybridized carbons (Fsp3) is 0.200. The van der Waals surface area contributed by atoms with Gasteiger partial charge in [0.1, 0.15) is 0 Å². The van der Waals surface area contributed by atoms with E-state index in [4.69, 9.17) is 11.6 Å². The lowest BCUT2D eigenvalue weighted by molar-refractivity contribution is -0.384. The van der Waals surface area contributed by atoms with Crippen molar-refractivity contribution in [3.8, 4) is 0 Å². The monoisotopic (exact) mass is 352 g/mol. The van der Waals surface area contributed by atoms with Crippen LogP contribution in [0.1, 0.15) is 31.8 Å². The molecular weight excluding hydrogens is 340 g/mol. The molecule has 0 radical (unpaired) electrons. The standard InChI is InChI=1S/C15H13ClN2O4S/c1-9(19)14-5-3-11(23-14)6-7-17-15(20)12-8-10(18(21)22)2-4-13(12)16/h2-5,8H,6-7H2,1H3,(H,17,20). The van der Waals surface area contributed by atoms with Crippen molar-refractivity contribution in [2.45, 2.75) is 13.3 Å². The molecule has 0 spiro atoms. The predicted molar refractivity (Wildman–Crippen MR) is 88.5 cm³/mol. The van der Waals surface area contributed by atoms with E-state index in [0.29, 0.717) is 17.8 Å². The van der Waals surface area contributed by atoms with Crippen LogP contribution in [0.3, 0.4) is 0 Å². The summed E-state index contributed by atoms with van der Waals surface area (Å²) in [7, 11) is 0. The molecule has 1 aromatic carbocycles. The maximum absolute atomic E-state index is 12.1. The van der Waals surface area contributed by atoms with Crippen molar-refractivity contribution in [2.75, 3.05) is 6.54 Å². The van der Waals surface area contributed by atoms with Gasteiger partial charge in [0.25, 0.3) is 11.6 Å². The zero-order valence-electron chi connectivity index (χ0n) is 12.2. The Labute approximate surface area is 141 Å². The Morgan fingerprint density at radius 2 is 2.04 bits per heavy atom. The molecule has 0 saturated carbocycles. The summed E-state index contributed by atoms with van der Waals surface area (Å²) < 4.78 is 0. The molecule has 2 rings (SSSR count). The van der Waals surface area contributed by atoms with Gasteiger partial charge in [-0.2, -0.15) is 0 Å². The fourth-order valence-electron chi connectivity index (χ4n) is 1.90. The molecule has 23 heavy (non-hydrogen) atoms. The third kappa shape index (κ3) is 4.37. The van der Waals surface area contributed by atoms with Gasteiger partial charge in [0.05, 0.1) is 20.4 Å². The first kappa shape index (κ1) is 17.1. The molecule has 0 aliphatic rings. The highest BCUT2D eigenvalue weighted by molar-refractivity contribution is 7.14. The van der Waals surface area contributed by atoms with Crippen molar-refractivity contribution in [3.63, 3.8) is 0 Å². The van der Waals surface area contributed by atoms with Gasteiger partial charge in [-0.05, 0) is 31.5 Å². The number of rotatable bonds is 6. The molecule has 1 aromatic heterocycles. The summed E-state index contributed by atoms with van der Waals surface area (Å²) in [4.78, 5) is 35.1. The van der Waals surface area contributed by atoms with Crippen molar-refractivity contribution < 1.29 is 14.5 Å². The van der Waals surface area contributed by atoms with Gasteiger partial charge in [-0.15, -0.1) is 11.3 Å². The summed E-state index contributed by atoms with van der Waals surface area (Å²) in [5.74, 6) is -0.462. The molecule has 0 fully saturated rings. The smallest absolute Gasteiger partial charge is 0.270 e. The molecule has 0 aliphatic carbocycles. The van der Waals surface area contributed by atoms with Gasteiger partial charge >= 0.3 is 0 Å². The number of Topliss-reactive ketones (excluding diaryl/α,β-unsaturated/α-hetero) is 1. The Hall–Kier alpha value is -2.25.